The van der Waals surface area contributed by atoms with Crippen LogP contribution in [0.3, 0.4) is 0 Å². The number of H-pyrrole nitrogens is 1. The van der Waals surface area contributed by atoms with Gasteiger partial charge in [-0.3, -0.25) is 14.9 Å². The second kappa shape index (κ2) is 12.5. The lowest BCUT2D eigenvalue weighted by atomic mass is 10.1. The third-order valence-electron chi connectivity index (χ3n) is 4.20. The highest BCUT2D eigenvalue weighted by Gasteiger charge is 2.38. The number of amides is 2. The number of aromatic nitrogens is 4. The molecule has 0 aliphatic rings. The molecule has 37 heavy (non-hydrogen) atoms. The SMILES string of the molecule is CC(C)(C)OC(=O)N[C@H](C(=O)NCc1nc(-c2ccncc2)n[nH]1)c1ccccc1.O=C(O)C(F)(F)F. The van der Waals surface area contributed by atoms with Crippen LogP contribution in [-0.2, 0) is 20.9 Å². The Morgan fingerprint density at radius 3 is 2.19 bits per heavy atom. The summed E-state index contributed by atoms with van der Waals surface area (Å²) in [6.45, 7) is 5.40. The van der Waals surface area contributed by atoms with Crippen LogP contribution in [0.25, 0.3) is 11.4 Å². The van der Waals surface area contributed by atoms with Gasteiger partial charge in [-0.2, -0.15) is 18.3 Å². The minimum absolute atomic E-state index is 0.121. The van der Waals surface area contributed by atoms with Crippen molar-refractivity contribution in [3.63, 3.8) is 0 Å². The Kier molecular flexibility index (Phi) is 9.68. The average molecular weight is 522 g/mol. The van der Waals surface area contributed by atoms with Crippen molar-refractivity contribution in [2.45, 2.75) is 45.1 Å². The molecule has 0 unspecified atom stereocenters. The number of halogens is 3. The van der Waals surface area contributed by atoms with Gasteiger partial charge in [-0.05, 0) is 38.5 Å². The van der Waals surface area contributed by atoms with Gasteiger partial charge >= 0.3 is 18.2 Å². The van der Waals surface area contributed by atoms with Gasteiger partial charge in [-0.25, -0.2) is 14.6 Å². The number of hydrogen-bond donors (Lipinski definition) is 4. The van der Waals surface area contributed by atoms with Crippen LogP contribution in [-0.4, -0.2) is 55.0 Å². The fraction of sp³-hybridized carbons (Fsp3) is 0.304. The quantitative estimate of drug-likeness (QED) is 0.383. The summed E-state index contributed by atoms with van der Waals surface area (Å²) in [6, 6.07) is 11.6. The minimum Gasteiger partial charge on any atom is -0.475 e. The summed E-state index contributed by atoms with van der Waals surface area (Å²) in [6.07, 6.45) is -2.45. The third kappa shape index (κ3) is 9.95. The van der Waals surface area contributed by atoms with Crippen LogP contribution in [0.15, 0.2) is 54.9 Å². The number of alkyl halides is 3. The maximum atomic E-state index is 12.8. The zero-order valence-corrected chi connectivity index (χ0v) is 20.0. The van der Waals surface area contributed by atoms with Crippen LogP contribution in [0.1, 0.15) is 38.2 Å². The van der Waals surface area contributed by atoms with E-state index < -0.39 is 35.8 Å². The van der Waals surface area contributed by atoms with Gasteiger partial charge in [0.1, 0.15) is 17.5 Å². The van der Waals surface area contributed by atoms with Crippen LogP contribution in [0.4, 0.5) is 18.0 Å². The lowest BCUT2D eigenvalue weighted by molar-refractivity contribution is -0.192. The minimum atomic E-state index is -5.08. The topological polar surface area (TPSA) is 159 Å². The van der Waals surface area contributed by atoms with E-state index in [4.69, 9.17) is 14.6 Å². The van der Waals surface area contributed by atoms with Crippen LogP contribution in [0, 0.1) is 0 Å². The Hall–Kier alpha value is -4.49. The molecule has 0 saturated carbocycles. The molecule has 0 spiro atoms. The van der Waals surface area contributed by atoms with Gasteiger partial charge in [0.15, 0.2) is 5.82 Å². The second-order valence-corrected chi connectivity index (χ2v) is 8.35. The van der Waals surface area contributed by atoms with E-state index in [2.05, 4.69) is 30.8 Å². The molecule has 1 atom stereocenters. The zero-order chi connectivity index (χ0) is 27.6. The van der Waals surface area contributed by atoms with Crippen molar-refractivity contribution < 1.29 is 37.4 Å². The molecular weight excluding hydrogens is 497 g/mol. The normalized spacial score (nSPS) is 11.9. The number of benzene rings is 1. The van der Waals surface area contributed by atoms with Gasteiger partial charge in [0.25, 0.3) is 0 Å². The summed E-state index contributed by atoms with van der Waals surface area (Å²) in [7, 11) is 0. The molecule has 0 saturated heterocycles. The molecule has 2 heterocycles. The molecule has 3 rings (SSSR count). The van der Waals surface area contributed by atoms with Crippen molar-refractivity contribution in [2.75, 3.05) is 0 Å². The smallest absolute Gasteiger partial charge is 0.475 e. The van der Waals surface area contributed by atoms with E-state index in [0.717, 1.165) is 5.56 Å². The van der Waals surface area contributed by atoms with E-state index in [1.54, 1.807) is 69.6 Å². The van der Waals surface area contributed by atoms with Crippen LogP contribution >= 0.6 is 0 Å². The highest BCUT2D eigenvalue weighted by Crippen LogP contribution is 2.16. The van der Waals surface area contributed by atoms with Crippen molar-refractivity contribution in [3.05, 3.63) is 66.2 Å². The first-order valence-corrected chi connectivity index (χ1v) is 10.7. The van der Waals surface area contributed by atoms with Gasteiger partial charge in [-0.1, -0.05) is 30.3 Å². The van der Waals surface area contributed by atoms with E-state index in [-0.39, 0.29) is 6.54 Å². The van der Waals surface area contributed by atoms with Gasteiger partial charge < -0.3 is 20.5 Å². The zero-order valence-electron chi connectivity index (χ0n) is 20.0. The maximum absolute atomic E-state index is 12.8. The van der Waals surface area contributed by atoms with E-state index >= 15 is 0 Å². The van der Waals surface area contributed by atoms with Crippen molar-refractivity contribution in [3.8, 4) is 11.4 Å². The molecule has 0 bridgehead atoms. The molecule has 11 nitrogen and oxygen atoms in total. The first-order valence-electron chi connectivity index (χ1n) is 10.7. The first-order chi connectivity index (χ1) is 17.3. The standard InChI is InChI=1S/C21H24N6O3.C2HF3O2/c1-21(2,3)30-20(29)25-17(14-7-5-4-6-8-14)19(28)23-13-16-24-18(27-26-16)15-9-11-22-12-10-15;3-2(4,5)1(6)7/h4-12,17H,13H2,1-3H3,(H,23,28)(H,25,29)(H,24,26,27);(H,6,7)/t17-;/m0./s1. The predicted octanol–water partition coefficient (Wildman–Crippen LogP) is 3.38. The van der Waals surface area contributed by atoms with Gasteiger partial charge in [0.2, 0.25) is 5.91 Å². The summed E-state index contributed by atoms with van der Waals surface area (Å²) < 4.78 is 37.0. The highest BCUT2D eigenvalue weighted by atomic mass is 19.4. The molecule has 3 aromatic rings. The molecule has 2 aromatic heterocycles. The van der Waals surface area contributed by atoms with E-state index in [0.29, 0.717) is 17.2 Å². The number of carboxylic acids is 1. The van der Waals surface area contributed by atoms with Gasteiger partial charge in [-0.15, -0.1) is 0 Å². The molecule has 0 fully saturated rings. The molecule has 1 aromatic carbocycles. The summed E-state index contributed by atoms with van der Waals surface area (Å²) in [5.41, 5.74) is 0.772. The van der Waals surface area contributed by atoms with Gasteiger partial charge in [0, 0.05) is 18.0 Å². The number of carbonyl (C=O) groups is 3. The molecule has 0 radical (unpaired) electrons. The summed E-state index contributed by atoms with van der Waals surface area (Å²) in [5.74, 6) is -2.16. The number of pyridine rings is 1. The summed E-state index contributed by atoms with van der Waals surface area (Å²) in [5, 5.41) is 19.5. The fourth-order valence-corrected chi connectivity index (χ4v) is 2.65. The van der Waals surface area contributed by atoms with Crippen LogP contribution < -0.4 is 10.6 Å². The molecule has 0 aliphatic heterocycles. The number of ether oxygens (including phenoxy) is 1. The molecule has 198 valence electrons. The Labute approximate surface area is 209 Å². The second-order valence-electron chi connectivity index (χ2n) is 8.35. The Morgan fingerprint density at radius 1 is 1.05 bits per heavy atom. The van der Waals surface area contributed by atoms with Crippen LogP contribution in [0.5, 0.6) is 0 Å². The molecule has 2 amide bonds. The summed E-state index contributed by atoms with van der Waals surface area (Å²) >= 11 is 0. The number of alkyl carbamates (subject to hydrolysis) is 1. The monoisotopic (exact) mass is 522 g/mol. The predicted molar refractivity (Wildman–Crippen MR) is 124 cm³/mol. The number of aromatic amines is 1. The van der Waals surface area contributed by atoms with Gasteiger partial charge in [0.05, 0.1) is 6.54 Å². The number of aliphatic carboxylic acids is 1. The fourth-order valence-electron chi connectivity index (χ4n) is 2.65. The van der Waals surface area contributed by atoms with E-state index in [1.165, 1.54) is 0 Å². The largest absolute Gasteiger partial charge is 0.490 e. The average Bonchev–Trinajstić information content (AvgIpc) is 3.30. The maximum Gasteiger partial charge on any atom is 0.490 e. The number of carbonyl (C=O) groups excluding carboxylic acids is 2. The lowest BCUT2D eigenvalue weighted by Crippen LogP contribution is -2.42. The number of nitrogens with zero attached hydrogens (tertiary/aromatic N) is 3. The third-order valence-corrected chi connectivity index (χ3v) is 4.20. The molecule has 14 heteroatoms. The molecule has 0 aliphatic carbocycles. The van der Waals surface area contributed by atoms with Crippen LogP contribution in [0.2, 0.25) is 0 Å². The number of rotatable bonds is 6. The van der Waals surface area contributed by atoms with Crippen molar-refractivity contribution in [1.82, 2.24) is 30.8 Å². The Bertz CT molecular complexity index is 1180. The van der Waals surface area contributed by atoms with Crippen molar-refractivity contribution in [1.29, 1.82) is 0 Å². The van der Waals surface area contributed by atoms with Crippen molar-refractivity contribution in [2.24, 2.45) is 0 Å². The number of nitrogens with one attached hydrogen (secondary N) is 3. The van der Waals surface area contributed by atoms with Crippen molar-refractivity contribution >= 4 is 18.0 Å². The number of hydrogen-bond acceptors (Lipinski definition) is 7. The molecular formula is C23H25F3N6O5. The molecule has 4 N–H and O–H groups in total. The van der Waals surface area contributed by atoms with E-state index in [9.17, 15) is 22.8 Å². The lowest BCUT2D eigenvalue weighted by Gasteiger charge is -2.23. The Morgan fingerprint density at radius 2 is 1.65 bits per heavy atom. The Balaban J connectivity index is 0.000000604. The number of carboxylic acid groups (broad SMARTS) is 1. The first kappa shape index (κ1) is 28.7. The van der Waals surface area contributed by atoms with E-state index in [1.807, 2.05) is 6.07 Å². The summed E-state index contributed by atoms with van der Waals surface area (Å²) in [4.78, 5) is 42.3. The highest BCUT2D eigenvalue weighted by molar-refractivity contribution is 5.86.